The van der Waals surface area contributed by atoms with E-state index in [2.05, 4.69) is 5.32 Å². The number of thioether (sulfide) groups is 1. The molecule has 25 heavy (non-hydrogen) atoms. The number of likely N-dealkylation sites (N-methyl/N-ethyl adjacent to an activating group) is 1. The molecule has 1 atom stereocenters. The number of halogens is 1. The Morgan fingerprint density at radius 3 is 2.68 bits per heavy atom. The second kappa shape index (κ2) is 8.08. The minimum absolute atomic E-state index is 0.0227. The van der Waals surface area contributed by atoms with Crippen LogP contribution in [0.2, 0.25) is 0 Å². The fourth-order valence-electron chi connectivity index (χ4n) is 2.66. The van der Waals surface area contributed by atoms with Gasteiger partial charge in [-0.15, -0.1) is 11.8 Å². The largest absolute Gasteiger partial charge is 0.333 e. The maximum absolute atomic E-state index is 14.1. The van der Waals surface area contributed by atoms with Crippen LogP contribution in [0.5, 0.6) is 0 Å². The minimum atomic E-state index is -0.335. The van der Waals surface area contributed by atoms with Gasteiger partial charge >= 0.3 is 6.03 Å². The summed E-state index contributed by atoms with van der Waals surface area (Å²) in [4.78, 5) is 27.9. The van der Waals surface area contributed by atoms with Crippen molar-refractivity contribution in [2.24, 2.45) is 0 Å². The van der Waals surface area contributed by atoms with Crippen molar-refractivity contribution < 1.29 is 14.0 Å². The molecule has 3 amide bonds. The van der Waals surface area contributed by atoms with Gasteiger partial charge in [-0.3, -0.25) is 4.79 Å². The Morgan fingerprint density at radius 1 is 1.40 bits per heavy atom. The maximum Gasteiger partial charge on any atom is 0.317 e. The summed E-state index contributed by atoms with van der Waals surface area (Å²) in [7, 11) is 0. The minimum Gasteiger partial charge on any atom is -0.333 e. The maximum atomic E-state index is 14.1. The number of urea groups is 1. The summed E-state index contributed by atoms with van der Waals surface area (Å²) >= 11 is 1.42. The van der Waals surface area contributed by atoms with E-state index in [-0.39, 0.29) is 28.7 Å². The second-order valence-electron chi connectivity index (χ2n) is 7.03. The fraction of sp³-hybridized carbons (Fsp3) is 0.556. The van der Waals surface area contributed by atoms with Crippen molar-refractivity contribution in [1.29, 1.82) is 0 Å². The molecular weight excluding hydrogens is 341 g/mol. The van der Waals surface area contributed by atoms with Crippen LogP contribution in [0.3, 0.4) is 0 Å². The zero-order valence-electron chi connectivity index (χ0n) is 15.2. The predicted molar refractivity (Wildman–Crippen MR) is 98.8 cm³/mol. The quantitative estimate of drug-likeness (QED) is 0.869. The van der Waals surface area contributed by atoms with Gasteiger partial charge in [-0.2, -0.15) is 0 Å². The molecule has 0 aliphatic carbocycles. The first-order valence-electron chi connectivity index (χ1n) is 8.45. The number of nitrogens with zero attached hydrogens (tertiary/aromatic N) is 2. The molecule has 0 aromatic heterocycles. The SMILES string of the molecule is CCN(CCN1C(=O)CS[C@H]1c1ccccc1F)C(=O)NC(C)(C)C. The number of hydrogen-bond acceptors (Lipinski definition) is 3. The highest BCUT2D eigenvalue weighted by Crippen LogP contribution is 2.39. The predicted octanol–water partition coefficient (Wildman–Crippen LogP) is 3.23. The number of nitrogens with one attached hydrogen (secondary N) is 1. The van der Waals surface area contributed by atoms with Crippen molar-refractivity contribution in [2.45, 2.75) is 38.6 Å². The molecule has 0 unspecified atom stereocenters. The van der Waals surface area contributed by atoms with E-state index in [9.17, 15) is 14.0 Å². The molecule has 1 aromatic rings. The summed E-state index contributed by atoms with van der Waals surface area (Å²) in [6.07, 6.45) is 0. The van der Waals surface area contributed by atoms with E-state index < -0.39 is 0 Å². The molecule has 1 aliphatic rings. The Bertz CT molecular complexity index is 633. The Balaban J connectivity index is 2.05. The lowest BCUT2D eigenvalue weighted by molar-refractivity contribution is -0.128. The van der Waals surface area contributed by atoms with Crippen molar-refractivity contribution in [1.82, 2.24) is 15.1 Å². The van der Waals surface area contributed by atoms with Crippen LogP contribution < -0.4 is 5.32 Å². The number of rotatable bonds is 5. The first kappa shape index (κ1) is 19.6. The molecule has 0 spiro atoms. The van der Waals surface area contributed by atoms with Gasteiger partial charge in [0.1, 0.15) is 11.2 Å². The van der Waals surface area contributed by atoms with Crippen LogP contribution in [0.4, 0.5) is 9.18 Å². The zero-order chi connectivity index (χ0) is 18.6. The van der Waals surface area contributed by atoms with E-state index in [0.717, 1.165) is 0 Å². The van der Waals surface area contributed by atoms with Crippen LogP contribution in [0.25, 0.3) is 0 Å². The molecule has 7 heteroatoms. The molecule has 0 saturated carbocycles. The van der Waals surface area contributed by atoms with Crippen LogP contribution in [0, 0.1) is 5.82 Å². The number of hydrogen-bond donors (Lipinski definition) is 1. The zero-order valence-corrected chi connectivity index (χ0v) is 16.0. The number of carbonyl (C=O) groups is 2. The van der Waals surface area contributed by atoms with Gasteiger partial charge in [-0.05, 0) is 33.8 Å². The molecule has 5 nitrogen and oxygen atoms in total. The van der Waals surface area contributed by atoms with E-state index in [1.165, 1.54) is 17.8 Å². The normalized spacial score (nSPS) is 17.7. The van der Waals surface area contributed by atoms with Gasteiger partial charge in [-0.1, -0.05) is 18.2 Å². The molecule has 1 aromatic carbocycles. The first-order chi connectivity index (χ1) is 11.7. The lowest BCUT2D eigenvalue weighted by atomic mass is 10.1. The number of carbonyl (C=O) groups excluding carboxylic acids is 2. The molecule has 0 radical (unpaired) electrons. The van der Waals surface area contributed by atoms with E-state index >= 15 is 0 Å². The first-order valence-corrected chi connectivity index (χ1v) is 9.50. The Labute approximate surface area is 152 Å². The standard InChI is InChI=1S/C18H26FN3O2S/c1-5-21(17(24)20-18(2,3)4)10-11-22-15(23)12-25-16(22)13-8-6-7-9-14(13)19/h6-9,16H,5,10-12H2,1-4H3,(H,20,24)/t16-/m0/s1. The topological polar surface area (TPSA) is 52.7 Å². The second-order valence-corrected chi connectivity index (χ2v) is 8.10. The molecule has 1 saturated heterocycles. The fourth-order valence-corrected chi connectivity index (χ4v) is 3.90. The molecule has 1 heterocycles. The Hall–Kier alpha value is -1.76. The number of benzene rings is 1. The smallest absolute Gasteiger partial charge is 0.317 e. The average molecular weight is 367 g/mol. The molecule has 1 fully saturated rings. The summed E-state index contributed by atoms with van der Waals surface area (Å²) in [5.74, 6) is 0.00215. The summed E-state index contributed by atoms with van der Waals surface area (Å²) in [6.45, 7) is 9.01. The molecule has 1 aliphatic heterocycles. The summed E-state index contributed by atoms with van der Waals surface area (Å²) in [5.41, 5.74) is 0.194. The summed E-state index contributed by atoms with van der Waals surface area (Å²) < 4.78 is 14.1. The van der Waals surface area contributed by atoms with Crippen LogP contribution in [-0.4, -0.2) is 52.7 Å². The van der Waals surface area contributed by atoms with E-state index in [4.69, 9.17) is 0 Å². The molecule has 0 bridgehead atoms. The number of amides is 3. The third kappa shape index (κ3) is 5.11. The molecular formula is C18H26FN3O2S. The van der Waals surface area contributed by atoms with E-state index in [1.807, 2.05) is 27.7 Å². The lowest BCUT2D eigenvalue weighted by Crippen LogP contribution is -2.50. The Morgan fingerprint density at radius 2 is 2.08 bits per heavy atom. The van der Waals surface area contributed by atoms with Crippen LogP contribution in [-0.2, 0) is 4.79 Å². The van der Waals surface area contributed by atoms with Crippen LogP contribution >= 0.6 is 11.8 Å². The van der Waals surface area contributed by atoms with Gasteiger partial charge in [0.15, 0.2) is 0 Å². The van der Waals surface area contributed by atoms with Gasteiger partial charge in [-0.25, -0.2) is 9.18 Å². The summed E-state index contributed by atoms with van der Waals surface area (Å²) in [6, 6.07) is 6.38. The molecule has 2 rings (SSSR count). The van der Waals surface area contributed by atoms with Crippen molar-refractivity contribution in [3.63, 3.8) is 0 Å². The van der Waals surface area contributed by atoms with Gasteiger partial charge in [0, 0.05) is 30.7 Å². The van der Waals surface area contributed by atoms with Gasteiger partial charge in [0.05, 0.1) is 5.75 Å². The van der Waals surface area contributed by atoms with Gasteiger partial charge in [0.25, 0.3) is 0 Å². The third-order valence-corrected chi connectivity index (χ3v) is 5.14. The van der Waals surface area contributed by atoms with Crippen molar-refractivity contribution in [2.75, 3.05) is 25.4 Å². The highest BCUT2D eigenvalue weighted by molar-refractivity contribution is 8.00. The van der Waals surface area contributed by atoms with Crippen LogP contribution in [0.15, 0.2) is 24.3 Å². The van der Waals surface area contributed by atoms with Crippen molar-refractivity contribution in [3.8, 4) is 0 Å². The van der Waals surface area contributed by atoms with E-state index in [1.54, 1.807) is 28.0 Å². The van der Waals surface area contributed by atoms with Gasteiger partial charge in [0.2, 0.25) is 5.91 Å². The summed E-state index contributed by atoms with van der Waals surface area (Å²) in [5, 5.41) is 2.59. The van der Waals surface area contributed by atoms with Crippen molar-refractivity contribution in [3.05, 3.63) is 35.6 Å². The average Bonchev–Trinajstić information content (AvgIpc) is 2.88. The lowest BCUT2D eigenvalue weighted by Gasteiger charge is -2.30. The van der Waals surface area contributed by atoms with Crippen molar-refractivity contribution >= 4 is 23.7 Å². The van der Waals surface area contributed by atoms with Gasteiger partial charge < -0.3 is 15.1 Å². The Kier molecular flexibility index (Phi) is 6.32. The monoisotopic (exact) mass is 367 g/mol. The van der Waals surface area contributed by atoms with E-state index in [0.29, 0.717) is 31.0 Å². The third-order valence-electron chi connectivity index (χ3n) is 3.90. The van der Waals surface area contributed by atoms with Crippen LogP contribution in [0.1, 0.15) is 38.6 Å². The molecule has 138 valence electrons. The molecule has 1 N–H and O–H groups in total. The highest BCUT2D eigenvalue weighted by Gasteiger charge is 2.34. The highest BCUT2D eigenvalue weighted by atomic mass is 32.2.